The van der Waals surface area contributed by atoms with Gasteiger partial charge < -0.3 is 10.1 Å². The van der Waals surface area contributed by atoms with Crippen molar-refractivity contribution >= 4 is 72.3 Å². The molecule has 29 heavy (non-hydrogen) atoms. The standard InChI is InChI=1S/C17H10Br2Cl2N4O4/c18-11-6-10(25(27)28)7-12(19)16(11)22-17(26)14-3-4-24(23-14)8-29-15-2-1-9(20)5-13(15)21/h1-7H,8H2,(H,22,26). The molecule has 3 rings (SSSR count). The molecule has 0 saturated carbocycles. The first-order chi connectivity index (χ1) is 13.7. The number of amides is 1. The van der Waals surface area contributed by atoms with Crippen LogP contribution in [0.4, 0.5) is 11.4 Å². The lowest BCUT2D eigenvalue weighted by Gasteiger charge is -2.09. The van der Waals surface area contributed by atoms with Gasteiger partial charge in [0.25, 0.3) is 11.6 Å². The quantitative estimate of drug-likeness (QED) is 0.296. The molecule has 0 spiro atoms. The van der Waals surface area contributed by atoms with E-state index in [1.54, 1.807) is 24.4 Å². The number of carbonyl (C=O) groups excluding carboxylic acids is 1. The summed E-state index contributed by atoms with van der Waals surface area (Å²) < 4.78 is 7.69. The van der Waals surface area contributed by atoms with E-state index in [1.807, 2.05) is 0 Å². The van der Waals surface area contributed by atoms with Crippen LogP contribution in [0.1, 0.15) is 10.5 Å². The van der Waals surface area contributed by atoms with E-state index in [-0.39, 0.29) is 18.1 Å². The van der Waals surface area contributed by atoms with Crippen molar-refractivity contribution in [2.75, 3.05) is 5.32 Å². The number of nitrogens with one attached hydrogen (secondary N) is 1. The summed E-state index contributed by atoms with van der Waals surface area (Å²) in [4.78, 5) is 22.8. The molecule has 0 saturated heterocycles. The van der Waals surface area contributed by atoms with Gasteiger partial charge in [0.2, 0.25) is 0 Å². The highest BCUT2D eigenvalue weighted by molar-refractivity contribution is 9.11. The van der Waals surface area contributed by atoms with Crippen molar-refractivity contribution in [1.29, 1.82) is 0 Å². The summed E-state index contributed by atoms with van der Waals surface area (Å²) >= 11 is 18.3. The summed E-state index contributed by atoms with van der Waals surface area (Å²) in [6.07, 6.45) is 1.57. The summed E-state index contributed by atoms with van der Waals surface area (Å²) in [6, 6.07) is 8.93. The second kappa shape index (κ2) is 9.12. The minimum atomic E-state index is -0.532. The lowest BCUT2D eigenvalue weighted by atomic mass is 10.2. The highest BCUT2D eigenvalue weighted by Gasteiger charge is 2.18. The number of benzene rings is 2. The predicted octanol–water partition coefficient (Wildman–Crippen LogP) is 5.91. The van der Waals surface area contributed by atoms with Gasteiger partial charge in [-0.05, 0) is 56.1 Å². The number of nitro groups is 1. The molecular weight excluding hydrogens is 555 g/mol. The number of non-ortho nitro benzene ring substituents is 1. The molecule has 2 aromatic carbocycles. The highest BCUT2D eigenvalue weighted by Crippen LogP contribution is 2.35. The van der Waals surface area contributed by atoms with Crippen LogP contribution in [0.15, 0.2) is 51.5 Å². The summed E-state index contributed by atoms with van der Waals surface area (Å²) in [7, 11) is 0. The Labute approximate surface area is 191 Å². The largest absolute Gasteiger partial charge is 0.470 e. The van der Waals surface area contributed by atoms with E-state index in [0.717, 1.165) is 0 Å². The summed E-state index contributed by atoms with van der Waals surface area (Å²) in [5, 5.41) is 18.5. The third kappa shape index (κ3) is 5.27. The molecule has 1 aromatic heterocycles. The molecule has 8 nitrogen and oxygen atoms in total. The number of carbonyl (C=O) groups is 1. The van der Waals surface area contributed by atoms with Gasteiger partial charge in [0, 0.05) is 32.3 Å². The van der Waals surface area contributed by atoms with Gasteiger partial charge >= 0.3 is 0 Å². The van der Waals surface area contributed by atoms with Crippen LogP contribution in [-0.2, 0) is 6.73 Å². The van der Waals surface area contributed by atoms with E-state index in [0.29, 0.717) is 30.4 Å². The smallest absolute Gasteiger partial charge is 0.276 e. The van der Waals surface area contributed by atoms with Gasteiger partial charge in [-0.3, -0.25) is 14.9 Å². The third-order valence-electron chi connectivity index (χ3n) is 3.60. The maximum atomic E-state index is 12.5. The van der Waals surface area contributed by atoms with E-state index < -0.39 is 10.8 Å². The first kappa shape index (κ1) is 21.6. The fourth-order valence-corrected chi connectivity index (χ4v) is 4.07. The third-order valence-corrected chi connectivity index (χ3v) is 5.38. The Bertz CT molecular complexity index is 1080. The summed E-state index contributed by atoms with van der Waals surface area (Å²) in [6.45, 7) is 0.0273. The number of nitro benzene ring substituents is 1. The molecule has 0 radical (unpaired) electrons. The highest BCUT2D eigenvalue weighted by atomic mass is 79.9. The average molecular weight is 565 g/mol. The van der Waals surface area contributed by atoms with E-state index in [4.69, 9.17) is 27.9 Å². The number of hydrogen-bond acceptors (Lipinski definition) is 5. The molecule has 150 valence electrons. The van der Waals surface area contributed by atoms with Crippen LogP contribution in [0.25, 0.3) is 0 Å². The zero-order valence-corrected chi connectivity index (χ0v) is 18.9. The molecule has 0 fully saturated rings. The van der Waals surface area contributed by atoms with Crippen LogP contribution in [0.2, 0.25) is 10.0 Å². The minimum Gasteiger partial charge on any atom is -0.470 e. The lowest BCUT2D eigenvalue weighted by Crippen LogP contribution is -2.15. The molecule has 3 aromatic rings. The fraction of sp³-hybridized carbons (Fsp3) is 0.0588. The molecule has 1 heterocycles. The molecule has 12 heteroatoms. The van der Waals surface area contributed by atoms with E-state index in [2.05, 4.69) is 42.3 Å². The number of nitrogens with zero attached hydrogens (tertiary/aromatic N) is 3. The molecule has 1 amide bonds. The number of ether oxygens (including phenoxy) is 1. The molecule has 1 N–H and O–H groups in total. The first-order valence-corrected chi connectivity index (χ1v) is 10.1. The van der Waals surface area contributed by atoms with Crippen LogP contribution in [-0.4, -0.2) is 20.6 Å². The number of halogens is 4. The Hall–Kier alpha value is -2.14. The van der Waals surface area contributed by atoms with Gasteiger partial charge in [0.1, 0.15) is 5.75 Å². The Balaban J connectivity index is 1.69. The second-order valence-corrected chi connectivity index (χ2v) is 8.14. The first-order valence-electron chi connectivity index (χ1n) is 7.80. The maximum absolute atomic E-state index is 12.5. The predicted molar refractivity (Wildman–Crippen MR) is 116 cm³/mol. The van der Waals surface area contributed by atoms with Gasteiger partial charge in [-0.15, -0.1) is 0 Å². The molecule has 0 unspecified atom stereocenters. The Morgan fingerprint density at radius 3 is 2.52 bits per heavy atom. The Kier molecular flexibility index (Phi) is 6.78. The van der Waals surface area contributed by atoms with Gasteiger partial charge in [0.15, 0.2) is 12.4 Å². The average Bonchev–Trinajstić information content (AvgIpc) is 3.12. The second-order valence-electron chi connectivity index (χ2n) is 5.58. The molecule has 0 aliphatic heterocycles. The van der Waals surface area contributed by atoms with Crippen LogP contribution >= 0.6 is 55.1 Å². The van der Waals surface area contributed by atoms with E-state index in [1.165, 1.54) is 22.9 Å². The zero-order valence-electron chi connectivity index (χ0n) is 14.2. The van der Waals surface area contributed by atoms with Crippen molar-refractivity contribution < 1.29 is 14.5 Å². The SMILES string of the molecule is O=C(Nc1c(Br)cc([N+](=O)[O-])cc1Br)c1ccn(COc2ccc(Cl)cc2Cl)n1. The Morgan fingerprint density at radius 1 is 1.21 bits per heavy atom. The van der Waals surface area contributed by atoms with Crippen LogP contribution in [0.5, 0.6) is 5.75 Å². The van der Waals surface area contributed by atoms with Crippen molar-refractivity contribution in [2.45, 2.75) is 6.73 Å². The normalized spacial score (nSPS) is 10.6. The zero-order chi connectivity index (χ0) is 21.1. The van der Waals surface area contributed by atoms with E-state index >= 15 is 0 Å². The van der Waals surface area contributed by atoms with Crippen molar-refractivity contribution in [2.24, 2.45) is 0 Å². The number of hydrogen-bond donors (Lipinski definition) is 1. The molecule has 0 bridgehead atoms. The van der Waals surface area contributed by atoms with Gasteiger partial charge in [-0.2, -0.15) is 5.10 Å². The van der Waals surface area contributed by atoms with Gasteiger partial charge in [-0.25, -0.2) is 4.68 Å². The van der Waals surface area contributed by atoms with Crippen LogP contribution in [0.3, 0.4) is 0 Å². The summed E-state index contributed by atoms with van der Waals surface area (Å²) in [5.74, 6) is -0.0696. The number of rotatable bonds is 6. The number of aromatic nitrogens is 2. The van der Waals surface area contributed by atoms with Gasteiger partial charge in [-0.1, -0.05) is 23.2 Å². The van der Waals surface area contributed by atoms with Crippen molar-refractivity contribution in [3.05, 3.63) is 77.4 Å². The lowest BCUT2D eigenvalue weighted by molar-refractivity contribution is -0.385. The molecule has 0 atom stereocenters. The topological polar surface area (TPSA) is 99.3 Å². The fourth-order valence-electron chi connectivity index (χ4n) is 2.24. The molecule has 0 aliphatic carbocycles. The van der Waals surface area contributed by atoms with Crippen LogP contribution in [0, 0.1) is 10.1 Å². The van der Waals surface area contributed by atoms with Crippen molar-refractivity contribution in [1.82, 2.24) is 9.78 Å². The Morgan fingerprint density at radius 2 is 1.90 bits per heavy atom. The van der Waals surface area contributed by atoms with Crippen molar-refractivity contribution in [3.8, 4) is 5.75 Å². The minimum absolute atomic E-state index is 0.0273. The maximum Gasteiger partial charge on any atom is 0.276 e. The summed E-state index contributed by atoms with van der Waals surface area (Å²) in [5.41, 5.74) is 0.358. The number of anilines is 1. The van der Waals surface area contributed by atoms with E-state index in [9.17, 15) is 14.9 Å². The van der Waals surface area contributed by atoms with Crippen molar-refractivity contribution in [3.63, 3.8) is 0 Å². The molecular formula is C17H10Br2Cl2N4O4. The van der Waals surface area contributed by atoms with Gasteiger partial charge in [0.05, 0.1) is 15.6 Å². The monoisotopic (exact) mass is 562 g/mol. The van der Waals surface area contributed by atoms with Crippen LogP contribution < -0.4 is 10.1 Å². The molecule has 0 aliphatic rings.